The Kier molecular flexibility index (Phi) is 4.25. The Morgan fingerprint density at radius 1 is 1.21 bits per heavy atom. The van der Waals surface area contributed by atoms with Crippen LogP contribution in [-0.4, -0.2) is 24.2 Å². The van der Waals surface area contributed by atoms with Crippen molar-refractivity contribution in [2.45, 2.75) is 65.1 Å². The Bertz CT molecular complexity index is 654. The van der Waals surface area contributed by atoms with Crippen LogP contribution in [0, 0.1) is 18.7 Å². The maximum atomic E-state index is 14.1. The zero-order valence-electron chi connectivity index (χ0n) is 15.0. The van der Waals surface area contributed by atoms with Crippen LogP contribution >= 0.6 is 0 Å². The molecule has 0 atom stereocenters. The van der Waals surface area contributed by atoms with Crippen LogP contribution in [0.4, 0.5) is 10.1 Å². The van der Waals surface area contributed by atoms with Crippen molar-refractivity contribution < 1.29 is 18.5 Å². The maximum absolute atomic E-state index is 14.1. The van der Waals surface area contributed by atoms with Gasteiger partial charge in [-0.2, -0.15) is 0 Å². The molecule has 1 saturated heterocycles. The van der Waals surface area contributed by atoms with Crippen LogP contribution in [0.15, 0.2) is 12.1 Å². The van der Waals surface area contributed by atoms with Crippen LogP contribution in [0.1, 0.15) is 52.5 Å². The van der Waals surface area contributed by atoms with Crippen LogP contribution in [-0.2, 0) is 14.1 Å². The predicted molar refractivity (Wildman–Crippen MR) is 92.8 cm³/mol. The second-order valence-corrected chi connectivity index (χ2v) is 7.87. The molecule has 1 amide bonds. The summed E-state index contributed by atoms with van der Waals surface area (Å²) in [6, 6.07) is 2.79. The second kappa shape index (κ2) is 5.85. The Morgan fingerprint density at radius 3 is 2.29 bits per heavy atom. The molecule has 1 aromatic rings. The van der Waals surface area contributed by atoms with Crippen LogP contribution in [0.25, 0.3) is 0 Å². The Labute approximate surface area is 143 Å². The summed E-state index contributed by atoms with van der Waals surface area (Å²) in [5, 5.41) is 2.87. The minimum absolute atomic E-state index is 0.0326. The van der Waals surface area contributed by atoms with Gasteiger partial charge in [-0.1, -0.05) is 6.42 Å². The van der Waals surface area contributed by atoms with Gasteiger partial charge in [-0.15, -0.1) is 0 Å². The van der Waals surface area contributed by atoms with Crippen LogP contribution in [0.5, 0.6) is 0 Å². The summed E-state index contributed by atoms with van der Waals surface area (Å²) in [6.45, 7) is 9.69. The zero-order valence-corrected chi connectivity index (χ0v) is 15.0. The van der Waals surface area contributed by atoms with Crippen molar-refractivity contribution in [2.75, 3.05) is 5.32 Å². The molecule has 130 valence electrons. The number of hydrogen-bond acceptors (Lipinski definition) is 3. The molecule has 0 bridgehead atoms. The van der Waals surface area contributed by atoms with E-state index in [0.29, 0.717) is 11.2 Å². The third-order valence-corrected chi connectivity index (χ3v) is 5.65. The normalized spacial score (nSPS) is 22.3. The lowest BCUT2D eigenvalue weighted by molar-refractivity contribution is -0.122. The molecule has 3 rings (SSSR count). The number of nitrogens with one attached hydrogen (secondary N) is 1. The average molecular weight is 333 g/mol. The van der Waals surface area contributed by atoms with Crippen molar-refractivity contribution in [3.05, 3.63) is 23.5 Å². The molecular weight excluding hydrogens is 308 g/mol. The molecule has 1 N–H and O–H groups in total. The van der Waals surface area contributed by atoms with E-state index >= 15 is 0 Å². The van der Waals surface area contributed by atoms with Crippen LogP contribution in [0.2, 0.25) is 0 Å². The Morgan fingerprint density at radius 2 is 1.79 bits per heavy atom. The molecule has 24 heavy (non-hydrogen) atoms. The maximum Gasteiger partial charge on any atom is 0.495 e. The average Bonchev–Trinajstić information content (AvgIpc) is 2.60. The largest absolute Gasteiger partial charge is 0.495 e. The lowest BCUT2D eigenvalue weighted by Gasteiger charge is -2.32. The SMILES string of the molecule is Cc1c(NC(=O)C2CCC2)cc(F)cc1B1OC(C)(C)C(C)(C)O1. The first-order valence-electron chi connectivity index (χ1n) is 8.57. The molecule has 4 nitrogen and oxygen atoms in total. The molecule has 0 aromatic heterocycles. The highest BCUT2D eigenvalue weighted by molar-refractivity contribution is 6.62. The van der Waals surface area contributed by atoms with Gasteiger partial charge >= 0.3 is 7.12 Å². The fourth-order valence-corrected chi connectivity index (χ4v) is 2.95. The van der Waals surface area contributed by atoms with Crippen molar-refractivity contribution in [3.63, 3.8) is 0 Å². The van der Waals surface area contributed by atoms with Gasteiger partial charge in [-0.3, -0.25) is 4.79 Å². The van der Waals surface area contributed by atoms with Crippen molar-refractivity contribution >= 4 is 24.2 Å². The smallest absolute Gasteiger partial charge is 0.399 e. The topological polar surface area (TPSA) is 47.6 Å². The molecule has 1 aliphatic heterocycles. The Balaban J connectivity index is 1.88. The van der Waals surface area contributed by atoms with Crippen LogP contribution < -0.4 is 10.8 Å². The standard InChI is InChI=1S/C18H25BFNO3/c1-11-14(19-23-17(2,3)18(4,5)24-19)9-13(20)10-15(11)21-16(22)12-7-6-8-12/h9-10,12H,6-8H2,1-5H3,(H,21,22). The van der Waals surface area contributed by atoms with E-state index in [2.05, 4.69) is 5.32 Å². The molecule has 2 fully saturated rings. The van der Waals surface area contributed by atoms with Gasteiger partial charge in [0, 0.05) is 11.6 Å². The van der Waals surface area contributed by atoms with Crippen molar-refractivity contribution in [1.29, 1.82) is 0 Å². The molecule has 1 heterocycles. The van der Waals surface area contributed by atoms with Gasteiger partial charge in [0.1, 0.15) is 5.82 Å². The summed E-state index contributed by atoms with van der Waals surface area (Å²) in [5.41, 5.74) is 0.911. The van der Waals surface area contributed by atoms with Crippen molar-refractivity contribution in [2.24, 2.45) is 5.92 Å². The molecule has 1 saturated carbocycles. The lowest BCUT2D eigenvalue weighted by atomic mass is 9.75. The summed E-state index contributed by atoms with van der Waals surface area (Å²) in [5.74, 6) is -0.392. The molecule has 0 spiro atoms. The van der Waals surface area contributed by atoms with E-state index in [1.54, 1.807) is 0 Å². The van der Waals surface area contributed by atoms with Gasteiger partial charge in [0.25, 0.3) is 0 Å². The fraction of sp³-hybridized carbons (Fsp3) is 0.611. The van der Waals surface area contributed by atoms with Crippen LogP contribution in [0.3, 0.4) is 0 Å². The van der Waals surface area contributed by atoms with Gasteiger partial charge in [0.2, 0.25) is 5.91 Å². The molecule has 0 radical (unpaired) electrons. The van der Waals surface area contributed by atoms with Gasteiger partial charge in [0.05, 0.1) is 11.2 Å². The first kappa shape index (κ1) is 17.4. The lowest BCUT2D eigenvalue weighted by Crippen LogP contribution is -2.41. The summed E-state index contributed by atoms with van der Waals surface area (Å²) in [7, 11) is -0.648. The monoisotopic (exact) mass is 333 g/mol. The number of rotatable bonds is 3. The van der Waals surface area contributed by atoms with Gasteiger partial charge in [-0.25, -0.2) is 4.39 Å². The number of anilines is 1. The third-order valence-electron chi connectivity index (χ3n) is 5.65. The number of halogens is 1. The number of hydrogen-bond donors (Lipinski definition) is 1. The minimum atomic E-state index is -0.648. The molecule has 1 aromatic carbocycles. The van der Waals surface area contributed by atoms with E-state index in [-0.39, 0.29) is 11.8 Å². The molecule has 0 unspecified atom stereocenters. The van der Waals surface area contributed by atoms with E-state index in [4.69, 9.17) is 9.31 Å². The van der Waals surface area contributed by atoms with Gasteiger partial charge < -0.3 is 14.6 Å². The van der Waals surface area contributed by atoms with Gasteiger partial charge in [-0.05, 0) is 70.6 Å². The molecular formula is C18H25BFNO3. The number of amides is 1. The predicted octanol–water partition coefficient (Wildman–Crippen LogP) is 3.17. The molecule has 2 aliphatic rings. The molecule has 1 aliphatic carbocycles. The summed E-state index contributed by atoms with van der Waals surface area (Å²) in [6.07, 6.45) is 2.90. The third kappa shape index (κ3) is 2.97. The summed E-state index contributed by atoms with van der Waals surface area (Å²) < 4.78 is 26.2. The minimum Gasteiger partial charge on any atom is -0.399 e. The summed E-state index contributed by atoms with van der Waals surface area (Å²) in [4.78, 5) is 12.2. The number of benzene rings is 1. The van der Waals surface area contributed by atoms with Gasteiger partial charge in [0.15, 0.2) is 0 Å². The van der Waals surface area contributed by atoms with E-state index in [1.807, 2.05) is 34.6 Å². The van der Waals surface area contributed by atoms with E-state index < -0.39 is 24.1 Å². The number of carbonyl (C=O) groups excluding carboxylic acids is 1. The quantitative estimate of drug-likeness (QED) is 0.865. The Hall–Kier alpha value is -1.40. The molecule has 6 heteroatoms. The van der Waals surface area contributed by atoms with E-state index in [9.17, 15) is 9.18 Å². The van der Waals surface area contributed by atoms with E-state index in [0.717, 1.165) is 24.8 Å². The fourth-order valence-electron chi connectivity index (χ4n) is 2.95. The zero-order chi connectivity index (χ0) is 17.7. The first-order valence-corrected chi connectivity index (χ1v) is 8.57. The number of carbonyl (C=O) groups is 1. The second-order valence-electron chi connectivity index (χ2n) is 7.87. The highest BCUT2D eigenvalue weighted by atomic mass is 19.1. The van der Waals surface area contributed by atoms with E-state index in [1.165, 1.54) is 12.1 Å². The highest BCUT2D eigenvalue weighted by Gasteiger charge is 2.52. The van der Waals surface area contributed by atoms with Crippen molar-refractivity contribution in [1.82, 2.24) is 0 Å². The van der Waals surface area contributed by atoms with Crippen molar-refractivity contribution in [3.8, 4) is 0 Å². The summed E-state index contributed by atoms with van der Waals surface area (Å²) >= 11 is 0. The first-order chi connectivity index (χ1) is 11.1. The highest BCUT2D eigenvalue weighted by Crippen LogP contribution is 2.37.